The van der Waals surface area contributed by atoms with Gasteiger partial charge in [0.25, 0.3) is 0 Å². The first-order valence-corrected chi connectivity index (χ1v) is 14.7. The van der Waals surface area contributed by atoms with Crippen molar-refractivity contribution in [1.82, 2.24) is 0 Å². The summed E-state index contributed by atoms with van der Waals surface area (Å²) in [6.07, 6.45) is 4.75. The summed E-state index contributed by atoms with van der Waals surface area (Å²) >= 11 is 0. The van der Waals surface area contributed by atoms with E-state index in [1.807, 2.05) is 0 Å². The Morgan fingerprint density at radius 3 is 1.74 bits per heavy atom. The first-order chi connectivity index (χ1) is 15.0. The molecule has 1 aliphatic rings. The summed E-state index contributed by atoms with van der Waals surface area (Å²) in [6, 6.07) is 28.6. The van der Waals surface area contributed by atoms with Crippen LogP contribution in [0.15, 0.2) is 78.9 Å². The van der Waals surface area contributed by atoms with Crippen molar-refractivity contribution in [2.24, 2.45) is 5.92 Å². The molecule has 1 fully saturated rings. The fourth-order valence-electron chi connectivity index (χ4n) is 4.79. The van der Waals surface area contributed by atoms with Crippen LogP contribution in [0.1, 0.15) is 67.7 Å². The van der Waals surface area contributed by atoms with Gasteiger partial charge in [0.15, 0.2) is 0 Å². The first-order valence-electron chi connectivity index (χ1n) is 11.8. The predicted octanol–water partition coefficient (Wildman–Crippen LogP) is 8.40. The van der Waals surface area contributed by atoms with E-state index in [1.165, 1.54) is 40.8 Å². The SMILES string of the molecule is CC(C)c1cccc([C@H](C)C2CC2)c1O[PH](C)(Cc1ccccc1)Cc1ccccc1. The molecule has 0 amide bonds. The standard InChI is InChI=1S/C29H37OP/c1-22(2)27-16-11-17-28(23(3)26-18-19-26)29(27)30-31(4,20-24-12-7-5-8-13-24)21-25-14-9-6-10-15-25/h5-17,22-23,26,31H,18-21H2,1-4H3/t23-/m1/s1. The van der Waals surface area contributed by atoms with Crippen molar-refractivity contribution in [2.45, 2.75) is 57.8 Å². The second-order valence-corrected chi connectivity index (χ2v) is 13.7. The molecule has 2 heteroatoms. The van der Waals surface area contributed by atoms with Gasteiger partial charge in [0.2, 0.25) is 0 Å². The monoisotopic (exact) mass is 432 g/mol. The molecule has 1 saturated carbocycles. The molecule has 0 bridgehead atoms. The van der Waals surface area contributed by atoms with E-state index < -0.39 is 7.49 Å². The van der Waals surface area contributed by atoms with Crippen molar-refractivity contribution < 1.29 is 4.52 Å². The minimum absolute atomic E-state index is 0.452. The molecule has 164 valence electrons. The van der Waals surface area contributed by atoms with Gasteiger partial charge in [0, 0.05) is 0 Å². The van der Waals surface area contributed by atoms with E-state index >= 15 is 0 Å². The van der Waals surface area contributed by atoms with Crippen LogP contribution in [0.3, 0.4) is 0 Å². The van der Waals surface area contributed by atoms with Crippen molar-refractivity contribution in [2.75, 3.05) is 6.66 Å². The number of para-hydroxylation sites is 1. The normalized spacial score (nSPS) is 15.6. The van der Waals surface area contributed by atoms with Crippen LogP contribution in [0.25, 0.3) is 0 Å². The number of hydrogen-bond donors (Lipinski definition) is 0. The van der Waals surface area contributed by atoms with Crippen molar-refractivity contribution in [3.8, 4) is 5.75 Å². The summed E-state index contributed by atoms with van der Waals surface area (Å²) in [4.78, 5) is 0. The molecule has 0 radical (unpaired) electrons. The van der Waals surface area contributed by atoms with Gasteiger partial charge in [0.1, 0.15) is 0 Å². The van der Waals surface area contributed by atoms with E-state index in [0.29, 0.717) is 11.8 Å². The average molecular weight is 433 g/mol. The van der Waals surface area contributed by atoms with E-state index in [1.54, 1.807) is 0 Å². The molecule has 0 aliphatic heterocycles. The summed E-state index contributed by atoms with van der Waals surface area (Å²) in [5.74, 6) is 3.03. The van der Waals surface area contributed by atoms with Gasteiger partial charge in [-0.2, -0.15) is 0 Å². The molecule has 0 N–H and O–H groups in total. The van der Waals surface area contributed by atoms with E-state index in [4.69, 9.17) is 4.52 Å². The average Bonchev–Trinajstić information content (AvgIpc) is 3.60. The number of rotatable bonds is 9. The number of hydrogen-bond acceptors (Lipinski definition) is 1. The second kappa shape index (κ2) is 9.58. The van der Waals surface area contributed by atoms with Crippen LogP contribution < -0.4 is 4.52 Å². The zero-order valence-corrected chi connectivity index (χ0v) is 20.5. The molecule has 31 heavy (non-hydrogen) atoms. The summed E-state index contributed by atoms with van der Waals surface area (Å²) in [6.45, 7) is 9.41. The third kappa shape index (κ3) is 5.58. The molecule has 0 heterocycles. The van der Waals surface area contributed by atoms with Crippen LogP contribution in [0.4, 0.5) is 0 Å². The Labute approximate surface area is 189 Å². The van der Waals surface area contributed by atoms with Gasteiger partial charge in [0.05, 0.1) is 0 Å². The quantitative estimate of drug-likeness (QED) is 0.308. The molecule has 0 saturated heterocycles. The van der Waals surface area contributed by atoms with Gasteiger partial charge in [-0.3, -0.25) is 0 Å². The van der Waals surface area contributed by atoms with E-state index in [0.717, 1.165) is 18.2 Å². The van der Waals surface area contributed by atoms with Gasteiger partial charge in [-0.05, 0) is 0 Å². The van der Waals surface area contributed by atoms with Crippen LogP contribution >= 0.6 is 7.49 Å². The maximum absolute atomic E-state index is 7.27. The Hall–Kier alpha value is -2.11. The van der Waals surface area contributed by atoms with Crippen molar-refractivity contribution in [3.63, 3.8) is 0 Å². The third-order valence-electron chi connectivity index (χ3n) is 6.71. The van der Waals surface area contributed by atoms with Gasteiger partial charge < -0.3 is 0 Å². The Balaban J connectivity index is 1.73. The molecule has 3 aromatic rings. The number of benzene rings is 3. The van der Waals surface area contributed by atoms with Crippen LogP contribution in [0, 0.1) is 5.92 Å². The molecule has 4 rings (SSSR count). The maximum atomic E-state index is 7.27. The van der Waals surface area contributed by atoms with Gasteiger partial charge >= 0.3 is 189 Å². The Morgan fingerprint density at radius 1 is 0.742 bits per heavy atom. The zero-order chi connectivity index (χ0) is 21.8. The zero-order valence-electron chi connectivity index (χ0n) is 19.5. The molecule has 0 unspecified atom stereocenters. The fourth-order valence-corrected chi connectivity index (χ4v) is 7.99. The van der Waals surface area contributed by atoms with Crippen LogP contribution in [0.2, 0.25) is 0 Å². The molecular formula is C29H37OP. The van der Waals surface area contributed by atoms with Crippen molar-refractivity contribution >= 4 is 7.49 Å². The Morgan fingerprint density at radius 2 is 1.26 bits per heavy atom. The van der Waals surface area contributed by atoms with Crippen LogP contribution in [-0.4, -0.2) is 6.66 Å². The van der Waals surface area contributed by atoms with Crippen molar-refractivity contribution in [3.05, 3.63) is 101 Å². The molecule has 1 aliphatic carbocycles. The predicted molar refractivity (Wildman–Crippen MR) is 137 cm³/mol. The van der Waals surface area contributed by atoms with E-state index in [9.17, 15) is 0 Å². The van der Waals surface area contributed by atoms with E-state index in [-0.39, 0.29) is 0 Å². The van der Waals surface area contributed by atoms with Gasteiger partial charge in [-0.1, -0.05) is 0 Å². The van der Waals surface area contributed by atoms with Gasteiger partial charge in [-0.15, -0.1) is 0 Å². The van der Waals surface area contributed by atoms with Crippen molar-refractivity contribution in [1.29, 1.82) is 0 Å². The fraction of sp³-hybridized carbons (Fsp3) is 0.379. The summed E-state index contributed by atoms with van der Waals surface area (Å²) < 4.78 is 7.27. The van der Waals surface area contributed by atoms with Crippen LogP contribution in [0.5, 0.6) is 5.75 Å². The third-order valence-corrected chi connectivity index (χ3v) is 9.72. The summed E-state index contributed by atoms with van der Waals surface area (Å²) in [7, 11) is -2.14. The second-order valence-electron chi connectivity index (χ2n) is 9.92. The van der Waals surface area contributed by atoms with Gasteiger partial charge in [-0.25, -0.2) is 0 Å². The topological polar surface area (TPSA) is 9.23 Å². The Bertz CT molecular complexity index is 935. The Kier molecular flexibility index (Phi) is 6.83. The van der Waals surface area contributed by atoms with Crippen LogP contribution in [-0.2, 0) is 12.3 Å². The molecule has 1 nitrogen and oxygen atoms in total. The molecule has 1 atom stereocenters. The summed E-state index contributed by atoms with van der Waals surface area (Å²) in [5.41, 5.74) is 5.55. The first kappa shape index (κ1) is 22.1. The summed E-state index contributed by atoms with van der Waals surface area (Å²) in [5, 5.41) is 0. The molecule has 3 aromatic carbocycles. The molecule has 0 aromatic heterocycles. The molecule has 0 spiro atoms. The van der Waals surface area contributed by atoms with E-state index in [2.05, 4.69) is 106 Å². The molecular weight excluding hydrogens is 395 g/mol. The minimum atomic E-state index is -2.14.